The van der Waals surface area contributed by atoms with Crippen molar-refractivity contribution in [1.82, 2.24) is 4.72 Å². The van der Waals surface area contributed by atoms with E-state index >= 15 is 0 Å². The van der Waals surface area contributed by atoms with E-state index in [0.29, 0.717) is 18.9 Å². The van der Waals surface area contributed by atoms with Crippen molar-refractivity contribution in [3.05, 3.63) is 24.3 Å². The third-order valence-electron chi connectivity index (χ3n) is 1.78. The van der Waals surface area contributed by atoms with Gasteiger partial charge in [0.05, 0.1) is 11.5 Å². The number of hydrogen-bond acceptors (Lipinski definition) is 3. The zero-order valence-corrected chi connectivity index (χ0v) is 9.67. The van der Waals surface area contributed by atoms with Crippen molar-refractivity contribution in [2.24, 2.45) is 0 Å². The third kappa shape index (κ3) is 3.21. The number of sulfonamides is 1. The van der Waals surface area contributed by atoms with Crippen LogP contribution in [-0.4, -0.2) is 21.6 Å². The van der Waals surface area contributed by atoms with Crippen LogP contribution in [0.1, 0.15) is 13.8 Å². The van der Waals surface area contributed by atoms with Crippen LogP contribution in [0.3, 0.4) is 0 Å². The first-order chi connectivity index (χ1) is 7.10. The van der Waals surface area contributed by atoms with Crippen molar-refractivity contribution in [3.63, 3.8) is 0 Å². The minimum atomic E-state index is -3.35. The van der Waals surface area contributed by atoms with Gasteiger partial charge in [-0.05, 0) is 31.2 Å². The summed E-state index contributed by atoms with van der Waals surface area (Å²) in [6.07, 6.45) is 0. The molecular formula is C10H15NO3S. The van der Waals surface area contributed by atoms with E-state index in [9.17, 15) is 8.42 Å². The van der Waals surface area contributed by atoms with Gasteiger partial charge in [0.1, 0.15) is 5.75 Å². The zero-order valence-electron chi connectivity index (χ0n) is 8.86. The quantitative estimate of drug-likeness (QED) is 0.830. The summed E-state index contributed by atoms with van der Waals surface area (Å²) in [5.74, 6) is 0.674. The molecule has 1 rings (SSSR count). The summed E-state index contributed by atoms with van der Waals surface area (Å²) < 4.78 is 30.7. The van der Waals surface area contributed by atoms with Gasteiger partial charge in [-0.2, -0.15) is 0 Å². The molecule has 0 saturated heterocycles. The van der Waals surface area contributed by atoms with Crippen LogP contribution in [0.25, 0.3) is 0 Å². The Hall–Kier alpha value is -1.07. The second-order valence-corrected chi connectivity index (χ2v) is 4.67. The standard InChI is InChI=1S/C10H15NO3S/c1-3-11-15(12,13)10-7-5-9(6-8-10)14-4-2/h5-8,11H,3-4H2,1-2H3. The lowest BCUT2D eigenvalue weighted by Crippen LogP contribution is -2.22. The van der Waals surface area contributed by atoms with Crippen molar-refractivity contribution in [1.29, 1.82) is 0 Å². The Labute approximate surface area is 90.3 Å². The van der Waals surface area contributed by atoms with E-state index in [4.69, 9.17) is 4.74 Å². The van der Waals surface area contributed by atoms with Gasteiger partial charge in [-0.3, -0.25) is 0 Å². The van der Waals surface area contributed by atoms with Gasteiger partial charge < -0.3 is 4.74 Å². The van der Waals surface area contributed by atoms with Crippen LogP contribution < -0.4 is 9.46 Å². The summed E-state index contributed by atoms with van der Waals surface area (Å²) in [6.45, 7) is 4.57. The Morgan fingerprint density at radius 2 is 1.80 bits per heavy atom. The maximum absolute atomic E-state index is 11.5. The highest BCUT2D eigenvalue weighted by Crippen LogP contribution is 2.15. The van der Waals surface area contributed by atoms with Crippen molar-refractivity contribution < 1.29 is 13.2 Å². The van der Waals surface area contributed by atoms with Gasteiger partial charge in [-0.25, -0.2) is 13.1 Å². The monoisotopic (exact) mass is 229 g/mol. The summed E-state index contributed by atoms with van der Waals surface area (Å²) in [5.41, 5.74) is 0. The molecule has 4 nitrogen and oxygen atoms in total. The van der Waals surface area contributed by atoms with E-state index in [0.717, 1.165) is 0 Å². The van der Waals surface area contributed by atoms with Crippen molar-refractivity contribution >= 4 is 10.0 Å². The fraction of sp³-hybridized carbons (Fsp3) is 0.400. The number of hydrogen-bond donors (Lipinski definition) is 1. The Morgan fingerprint density at radius 1 is 1.20 bits per heavy atom. The van der Waals surface area contributed by atoms with E-state index < -0.39 is 10.0 Å². The molecule has 0 amide bonds. The predicted molar refractivity (Wildman–Crippen MR) is 58.5 cm³/mol. The van der Waals surface area contributed by atoms with Crippen LogP contribution in [0.2, 0.25) is 0 Å². The number of benzene rings is 1. The maximum Gasteiger partial charge on any atom is 0.240 e. The Morgan fingerprint density at radius 3 is 2.27 bits per heavy atom. The van der Waals surface area contributed by atoms with Crippen LogP contribution in [0.5, 0.6) is 5.75 Å². The summed E-state index contributed by atoms with van der Waals surface area (Å²) in [4.78, 5) is 0.257. The molecule has 84 valence electrons. The molecule has 1 aromatic carbocycles. The molecule has 0 unspecified atom stereocenters. The van der Waals surface area contributed by atoms with Gasteiger partial charge in [0, 0.05) is 6.54 Å². The van der Waals surface area contributed by atoms with Crippen molar-refractivity contribution in [2.75, 3.05) is 13.2 Å². The number of ether oxygens (including phenoxy) is 1. The van der Waals surface area contributed by atoms with Gasteiger partial charge in [0.2, 0.25) is 10.0 Å². The van der Waals surface area contributed by atoms with E-state index in [2.05, 4.69) is 4.72 Å². The van der Waals surface area contributed by atoms with Crippen LogP contribution in [-0.2, 0) is 10.0 Å². The second-order valence-electron chi connectivity index (χ2n) is 2.91. The first-order valence-corrected chi connectivity index (χ1v) is 6.31. The summed E-state index contributed by atoms with van der Waals surface area (Å²) in [7, 11) is -3.35. The third-order valence-corrected chi connectivity index (χ3v) is 3.34. The minimum Gasteiger partial charge on any atom is -0.494 e. The van der Waals surface area contributed by atoms with Gasteiger partial charge in [0.15, 0.2) is 0 Å². The lowest BCUT2D eigenvalue weighted by molar-refractivity contribution is 0.340. The Kier molecular flexibility index (Phi) is 4.11. The molecule has 15 heavy (non-hydrogen) atoms. The average molecular weight is 229 g/mol. The van der Waals surface area contributed by atoms with Crippen molar-refractivity contribution in [2.45, 2.75) is 18.7 Å². The summed E-state index contributed by atoms with van der Waals surface area (Å²) >= 11 is 0. The SMILES string of the molecule is CCNS(=O)(=O)c1ccc(OCC)cc1. The molecule has 1 N–H and O–H groups in total. The largest absolute Gasteiger partial charge is 0.494 e. The lowest BCUT2D eigenvalue weighted by atomic mass is 10.3. The predicted octanol–water partition coefficient (Wildman–Crippen LogP) is 1.38. The fourth-order valence-electron chi connectivity index (χ4n) is 1.16. The molecule has 0 aliphatic heterocycles. The topological polar surface area (TPSA) is 55.4 Å². The van der Waals surface area contributed by atoms with E-state index in [-0.39, 0.29) is 4.90 Å². The molecule has 0 radical (unpaired) electrons. The van der Waals surface area contributed by atoms with E-state index in [1.54, 1.807) is 19.1 Å². The average Bonchev–Trinajstić information content (AvgIpc) is 2.19. The lowest BCUT2D eigenvalue weighted by Gasteiger charge is -2.06. The fourth-order valence-corrected chi connectivity index (χ4v) is 2.20. The van der Waals surface area contributed by atoms with Gasteiger partial charge in [-0.15, -0.1) is 0 Å². The first-order valence-electron chi connectivity index (χ1n) is 4.82. The smallest absolute Gasteiger partial charge is 0.240 e. The van der Waals surface area contributed by atoms with Gasteiger partial charge in [0.25, 0.3) is 0 Å². The number of rotatable bonds is 5. The number of nitrogens with one attached hydrogen (secondary N) is 1. The molecule has 0 atom stereocenters. The molecule has 1 aromatic rings. The molecule has 0 aliphatic rings. The van der Waals surface area contributed by atoms with Crippen molar-refractivity contribution in [3.8, 4) is 5.75 Å². The molecule has 5 heteroatoms. The van der Waals surface area contributed by atoms with E-state index in [1.165, 1.54) is 12.1 Å². The van der Waals surface area contributed by atoms with E-state index in [1.807, 2.05) is 6.92 Å². The molecular weight excluding hydrogens is 214 g/mol. The van der Waals surface area contributed by atoms with Gasteiger partial charge in [-0.1, -0.05) is 6.92 Å². The molecule has 0 heterocycles. The molecule has 0 bridgehead atoms. The van der Waals surface area contributed by atoms with Gasteiger partial charge >= 0.3 is 0 Å². The maximum atomic E-state index is 11.5. The Balaban J connectivity index is 2.89. The molecule has 0 aliphatic carbocycles. The normalized spacial score (nSPS) is 11.3. The molecule has 0 spiro atoms. The highest BCUT2D eigenvalue weighted by atomic mass is 32.2. The van der Waals surface area contributed by atoms with Crippen LogP contribution in [0.15, 0.2) is 29.2 Å². The Bertz CT molecular complexity index is 397. The van der Waals surface area contributed by atoms with Crippen LogP contribution in [0, 0.1) is 0 Å². The molecule has 0 aromatic heterocycles. The molecule has 0 saturated carbocycles. The summed E-state index contributed by atoms with van der Waals surface area (Å²) in [6, 6.07) is 6.35. The minimum absolute atomic E-state index is 0.257. The van der Waals surface area contributed by atoms with Crippen LogP contribution in [0.4, 0.5) is 0 Å². The zero-order chi connectivity index (χ0) is 11.3. The second kappa shape index (κ2) is 5.14. The highest BCUT2D eigenvalue weighted by Gasteiger charge is 2.11. The van der Waals surface area contributed by atoms with Crippen LogP contribution >= 0.6 is 0 Å². The summed E-state index contributed by atoms with van der Waals surface area (Å²) in [5, 5.41) is 0. The first kappa shape index (κ1) is 12.0. The highest BCUT2D eigenvalue weighted by molar-refractivity contribution is 7.89. The molecule has 0 fully saturated rings.